The topological polar surface area (TPSA) is 112 Å². The quantitative estimate of drug-likeness (QED) is 0.459. The van der Waals surface area contributed by atoms with Crippen LogP contribution < -0.4 is 10.1 Å². The van der Waals surface area contributed by atoms with Crippen LogP contribution in [0.4, 0.5) is 11.5 Å². The van der Waals surface area contributed by atoms with Gasteiger partial charge < -0.3 is 10.1 Å². The number of sulfone groups is 1. The average molecular weight is 436 g/mol. The van der Waals surface area contributed by atoms with Crippen molar-refractivity contribution in [1.82, 2.24) is 24.7 Å². The number of anilines is 2. The number of nitrogens with zero attached hydrogens (tertiary/aromatic N) is 5. The molecule has 3 heterocycles. The van der Waals surface area contributed by atoms with Crippen molar-refractivity contribution in [2.45, 2.75) is 5.16 Å². The van der Waals surface area contributed by atoms with Crippen molar-refractivity contribution in [1.29, 1.82) is 0 Å². The number of benzene rings is 1. The van der Waals surface area contributed by atoms with Crippen LogP contribution in [0.1, 0.15) is 0 Å². The molecular weight excluding hydrogens is 416 g/mol. The summed E-state index contributed by atoms with van der Waals surface area (Å²) in [5.74, 6) is 0.560. The Kier molecular flexibility index (Phi) is 5.38. The molecule has 1 N–H and O–H groups in total. The van der Waals surface area contributed by atoms with E-state index in [1.165, 1.54) is 7.11 Å². The first kappa shape index (κ1) is 20.5. The molecule has 0 aliphatic heterocycles. The van der Waals surface area contributed by atoms with Crippen LogP contribution in [0.5, 0.6) is 5.75 Å². The molecule has 0 fully saturated rings. The zero-order valence-electron chi connectivity index (χ0n) is 17.1. The van der Waals surface area contributed by atoms with Crippen LogP contribution >= 0.6 is 0 Å². The van der Waals surface area contributed by atoms with Crippen molar-refractivity contribution < 1.29 is 13.2 Å². The number of rotatable bonds is 6. The Balaban J connectivity index is 1.90. The molecule has 0 saturated heterocycles. The lowest BCUT2D eigenvalue weighted by Gasteiger charge is -2.15. The smallest absolute Gasteiger partial charge is 0.249 e. The standard InChI is InChI=1S/C21H20N6O3S/c1-27-12-9-17(26-27)14-5-4-6-15(13-14)18-19(30-2)20(23-16-7-10-22-11-8-16)25-21(24-18)31(3,28)29/h4-13H,1-3H3,(H,22,23,24,25). The first-order valence-electron chi connectivity index (χ1n) is 9.29. The molecule has 158 valence electrons. The summed E-state index contributed by atoms with van der Waals surface area (Å²) in [7, 11) is -0.346. The fraction of sp³-hybridized carbons (Fsp3) is 0.143. The van der Waals surface area contributed by atoms with Gasteiger partial charge in [0.15, 0.2) is 11.6 Å². The number of methoxy groups -OCH3 is 1. The highest BCUT2D eigenvalue weighted by atomic mass is 32.2. The SMILES string of the molecule is COc1c(Nc2ccncc2)nc(S(C)(=O)=O)nc1-c1cccc(-c2ccn(C)n2)c1. The van der Waals surface area contributed by atoms with E-state index >= 15 is 0 Å². The Hall–Kier alpha value is -3.79. The molecule has 0 aliphatic rings. The molecule has 31 heavy (non-hydrogen) atoms. The van der Waals surface area contributed by atoms with Gasteiger partial charge in [-0.25, -0.2) is 13.4 Å². The number of aromatic nitrogens is 5. The van der Waals surface area contributed by atoms with Gasteiger partial charge in [0.25, 0.3) is 0 Å². The molecule has 9 nitrogen and oxygen atoms in total. The third-order valence-corrected chi connectivity index (χ3v) is 5.32. The van der Waals surface area contributed by atoms with Crippen molar-refractivity contribution in [2.24, 2.45) is 7.05 Å². The van der Waals surface area contributed by atoms with E-state index < -0.39 is 9.84 Å². The summed E-state index contributed by atoms with van der Waals surface area (Å²) in [4.78, 5) is 12.5. The third kappa shape index (κ3) is 4.38. The summed E-state index contributed by atoms with van der Waals surface area (Å²) in [6.45, 7) is 0. The fourth-order valence-electron chi connectivity index (χ4n) is 3.04. The van der Waals surface area contributed by atoms with Crippen LogP contribution in [0, 0.1) is 0 Å². The van der Waals surface area contributed by atoms with Crippen molar-refractivity contribution in [3.63, 3.8) is 0 Å². The molecule has 3 aromatic heterocycles. The Morgan fingerprint density at radius 2 is 1.77 bits per heavy atom. The van der Waals surface area contributed by atoms with Crippen LogP contribution in [-0.4, -0.2) is 46.5 Å². The van der Waals surface area contributed by atoms with Crippen molar-refractivity contribution >= 4 is 21.3 Å². The van der Waals surface area contributed by atoms with Crippen molar-refractivity contribution in [2.75, 3.05) is 18.7 Å². The normalized spacial score (nSPS) is 11.3. The average Bonchev–Trinajstić information content (AvgIpc) is 3.20. The molecule has 0 atom stereocenters. The summed E-state index contributed by atoms with van der Waals surface area (Å²) < 4.78 is 31.9. The van der Waals surface area contributed by atoms with Crippen molar-refractivity contribution in [3.8, 4) is 28.3 Å². The maximum absolute atomic E-state index is 12.3. The third-order valence-electron chi connectivity index (χ3n) is 4.47. The Bertz CT molecular complexity index is 1340. The van der Waals surface area contributed by atoms with Crippen LogP contribution in [-0.2, 0) is 16.9 Å². The Morgan fingerprint density at radius 1 is 1.03 bits per heavy atom. The lowest BCUT2D eigenvalue weighted by molar-refractivity contribution is 0.413. The van der Waals surface area contributed by atoms with E-state index in [1.54, 1.807) is 29.2 Å². The predicted octanol–water partition coefficient (Wildman–Crippen LogP) is 3.09. The number of aryl methyl sites for hydroxylation is 1. The van der Waals surface area contributed by atoms with Gasteiger partial charge in [-0.3, -0.25) is 9.67 Å². The molecule has 10 heteroatoms. The molecule has 0 bridgehead atoms. The maximum Gasteiger partial charge on any atom is 0.249 e. The largest absolute Gasteiger partial charge is 0.491 e. The van der Waals surface area contributed by atoms with Crippen LogP contribution in [0.2, 0.25) is 0 Å². The first-order valence-corrected chi connectivity index (χ1v) is 11.2. The monoisotopic (exact) mass is 436 g/mol. The molecule has 4 rings (SSSR count). The molecule has 0 spiro atoms. The number of nitrogens with one attached hydrogen (secondary N) is 1. The number of ether oxygens (including phenoxy) is 1. The van der Waals surface area contributed by atoms with Gasteiger partial charge in [-0.2, -0.15) is 10.1 Å². The van der Waals surface area contributed by atoms with E-state index in [-0.39, 0.29) is 11.0 Å². The lowest BCUT2D eigenvalue weighted by Crippen LogP contribution is -2.10. The zero-order valence-corrected chi connectivity index (χ0v) is 18.0. The summed E-state index contributed by atoms with van der Waals surface area (Å²) in [5.41, 5.74) is 3.36. The predicted molar refractivity (Wildman–Crippen MR) is 117 cm³/mol. The Labute approximate surface area is 179 Å². The minimum atomic E-state index is -3.68. The summed E-state index contributed by atoms with van der Waals surface area (Å²) >= 11 is 0. The van der Waals surface area contributed by atoms with Gasteiger partial charge in [0.1, 0.15) is 5.69 Å². The second-order valence-electron chi connectivity index (χ2n) is 6.83. The molecule has 0 radical (unpaired) electrons. The molecule has 4 aromatic rings. The van der Waals surface area contributed by atoms with Gasteiger partial charge >= 0.3 is 0 Å². The zero-order chi connectivity index (χ0) is 22.0. The fourth-order valence-corrected chi connectivity index (χ4v) is 3.55. The van der Waals surface area contributed by atoms with E-state index in [2.05, 4.69) is 25.4 Å². The van der Waals surface area contributed by atoms with Crippen molar-refractivity contribution in [3.05, 3.63) is 61.1 Å². The van der Waals surface area contributed by atoms with Gasteiger partial charge in [-0.1, -0.05) is 18.2 Å². The summed E-state index contributed by atoms with van der Waals surface area (Å²) in [5, 5.41) is 7.22. The highest BCUT2D eigenvalue weighted by Gasteiger charge is 2.22. The molecule has 0 saturated carbocycles. The Morgan fingerprint density at radius 3 is 2.42 bits per heavy atom. The van der Waals surface area contributed by atoms with E-state index in [0.717, 1.165) is 17.5 Å². The highest BCUT2D eigenvalue weighted by molar-refractivity contribution is 7.90. The van der Waals surface area contributed by atoms with Crippen LogP contribution in [0.15, 0.2) is 66.2 Å². The van der Waals surface area contributed by atoms with Gasteiger partial charge in [-0.05, 0) is 24.3 Å². The van der Waals surface area contributed by atoms with E-state index in [0.29, 0.717) is 22.7 Å². The van der Waals surface area contributed by atoms with Gasteiger partial charge in [-0.15, -0.1) is 0 Å². The lowest BCUT2D eigenvalue weighted by atomic mass is 10.1. The van der Waals surface area contributed by atoms with Gasteiger partial charge in [0.05, 0.1) is 12.8 Å². The second-order valence-corrected chi connectivity index (χ2v) is 8.73. The van der Waals surface area contributed by atoms with E-state index in [1.807, 2.05) is 43.6 Å². The first-order chi connectivity index (χ1) is 14.8. The minimum Gasteiger partial charge on any atom is -0.491 e. The molecule has 0 unspecified atom stereocenters. The minimum absolute atomic E-state index is 0.238. The molecule has 1 aromatic carbocycles. The summed E-state index contributed by atoms with van der Waals surface area (Å²) in [6.07, 6.45) is 6.15. The van der Waals surface area contributed by atoms with Crippen LogP contribution in [0.3, 0.4) is 0 Å². The molecular formula is C21H20N6O3S. The van der Waals surface area contributed by atoms with Gasteiger partial charge in [0.2, 0.25) is 15.0 Å². The number of pyridine rings is 1. The van der Waals surface area contributed by atoms with Gasteiger partial charge in [0, 0.05) is 48.7 Å². The number of hydrogen-bond acceptors (Lipinski definition) is 8. The van der Waals surface area contributed by atoms with E-state index in [9.17, 15) is 8.42 Å². The summed E-state index contributed by atoms with van der Waals surface area (Å²) in [6, 6.07) is 12.9. The highest BCUT2D eigenvalue weighted by Crippen LogP contribution is 2.37. The molecule has 0 aliphatic carbocycles. The second kappa shape index (κ2) is 8.15. The maximum atomic E-state index is 12.3. The van der Waals surface area contributed by atoms with Crippen LogP contribution in [0.25, 0.3) is 22.5 Å². The number of hydrogen-bond donors (Lipinski definition) is 1. The van der Waals surface area contributed by atoms with E-state index in [4.69, 9.17) is 4.74 Å². The molecule has 0 amide bonds.